The number of hydrogen-bond donors (Lipinski definition) is 1. The third kappa shape index (κ3) is 2.54. The highest BCUT2D eigenvalue weighted by Crippen LogP contribution is 2.34. The second kappa shape index (κ2) is 5.65. The van der Waals surface area contributed by atoms with Gasteiger partial charge in [0.2, 0.25) is 0 Å². The summed E-state index contributed by atoms with van der Waals surface area (Å²) < 4.78 is 11.6. The van der Waals surface area contributed by atoms with E-state index in [9.17, 15) is 4.79 Å². The second-order valence-corrected chi connectivity index (χ2v) is 6.55. The monoisotopic (exact) mass is 314 g/mol. The first-order valence-electron chi connectivity index (χ1n) is 8.31. The van der Waals surface area contributed by atoms with Gasteiger partial charge in [-0.3, -0.25) is 4.79 Å². The van der Waals surface area contributed by atoms with Gasteiger partial charge in [-0.1, -0.05) is 6.07 Å². The minimum Gasteiger partial charge on any atom is -0.361 e. The molecule has 0 aliphatic carbocycles. The van der Waals surface area contributed by atoms with Gasteiger partial charge in [0.15, 0.2) is 5.79 Å². The summed E-state index contributed by atoms with van der Waals surface area (Å²) in [5.74, 6) is -0.214. The van der Waals surface area contributed by atoms with Crippen molar-refractivity contribution in [3.63, 3.8) is 0 Å². The molecule has 5 heteroatoms. The van der Waals surface area contributed by atoms with Crippen molar-refractivity contribution in [1.82, 2.24) is 9.88 Å². The van der Waals surface area contributed by atoms with Crippen LogP contribution in [0.4, 0.5) is 0 Å². The lowest BCUT2D eigenvalue weighted by Gasteiger charge is -2.40. The average Bonchev–Trinajstić information content (AvgIpc) is 3.23. The molecule has 2 aromatic rings. The van der Waals surface area contributed by atoms with Crippen molar-refractivity contribution in [3.05, 3.63) is 36.0 Å². The molecule has 23 heavy (non-hydrogen) atoms. The number of aromatic amines is 1. The van der Waals surface area contributed by atoms with Gasteiger partial charge in [0.1, 0.15) is 0 Å². The molecule has 2 aliphatic rings. The molecule has 0 saturated carbocycles. The quantitative estimate of drug-likeness (QED) is 0.927. The van der Waals surface area contributed by atoms with Gasteiger partial charge in [-0.2, -0.15) is 0 Å². The Morgan fingerprint density at radius 1 is 1.30 bits per heavy atom. The van der Waals surface area contributed by atoms with Crippen LogP contribution in [0.1, 0.15) is 30.1 Å². The van der Waals surface area contributed by atoms with Crippen LogP contribution < -0.4 is 0 Å². The van der Waals surface area contributed by atoms with Gasteiger partial charge in [-0.15, -0.1) is 0 Å². The van der Waals surface area contributed by atoms with E-state index in [4.69, 9.17) is 9.47 Å². The van der Waals surface area contributed by atoms with Gasteiger partial charge in [-0.25, -0.2) is 0 Å². The number of H-pyrrole nitrogens is 1. The summed E-state index contributed by atoms with van der Waals surface area (Å²) in [5, 5.41) is 0.985. The van der Waals surface area contributed by atoms with Gasteiger partial charge in [0, 0.05) is 41.7 Å². The standard InChI is InChI=1S/C18H22N2O3/c1-18(22-10-11-23-18)13-4-3-9-20(12-13)17(21)15-5-2-6-16-14(15)7-8-19-16/h2,5-8,13,19H,3-4,9-12H2,1H3/t13-/m0/s1. The van der Waals surface area contributed by atoms with Gasteiger partial charge in [0.05, 0.1) is 13.2 Å². The minimum absolute atomic E-state index is 0.0986. The Hall–Kier alpha value is -1.85. The Bertz CT molecular complexity index is 718. The summed E-state index contributed by atoms with van der Waals surface area (Å²) in [6.45, 7) is 4.78. The van der Waals surface area contributed by atoms with E-state index in [2.05, 4.69) is 4.98 Å². The van der Waals surface area contributed by atoms with Gasteiger partial charge in [-0.05, 0) is 38.0 Å². The zero-order chi connectivity index (χ0) is 15.9. The molecule has 0 spiro atoms. The zero-order valence-corrected chi connectivity index (χ0v) is 13.4. The Morgan fingerprint density at radius 2 is 2.13 bits per heavy atom. The van der Waals surface area contributed by atoms with Crippen LogP contribution in [0, 0.1) is 5.92 Å². The first-order chi connectivity index (χ1) is 11.2. The summed E-state index contributed by atoms with van der Waals surface area (Å²) in [4.78, 5) is 18.1. The number of fused-ring (bicyclic) bond motifs is 1. The molecule has 5 nitrogen and oxygen atoms in total. The lowest BCUT2D eigenvalue weighted by molar-refractivity contribution is -0.189. The molecule has 1 aromatic heterocycles. The Morgan fingerprint density at radius 3 is 2.96 bits per heavy atom. The summed E-state index contributed by atoms with van der Waals surface area (Å²) in [6, 6.07) is 7.80. The predicted octanol–water partition coefficient (Wildman–Crippen LogP) is 2.78. The normalized spacial score (nSPS) is 24.2. The summed E-state index contributed by atoms with van der Waals surface area (Å²) in [7, 11) is 0. The van der Waals surface area contributed by atoms with Crippen molar-refractivity contribution in [1.29, 1.82) is 0 Å². The molecular formula is C18H22N2O3. The van der Waals surface area contributed by atoms with Crippen LogP contribution in [-0.4, -0.2) is 47.9 Å². The van der Waals surface area contributed by atoms with Crippen molar-refractivity contribution < 1.29 is 14.3 Å². The molecule has 4 rings (SSSR count). The van der Waals surface area contributed by atoms with E-state index in [-0.39, 0.29) is 11.8 Å². The average molecular weight is 314 g/mol. The van der Waals surface area contributed by atoms with E-state index in [0.29, 0.717) is 19.8 Å². The van der Waals surface area contributed by atoms with E-state index in [0.717, 1.165) is 35.9 Å². The van der Waals surface area contributed by atoms with E-state index in [1.54, 1.807) is 0 Å². The number of nitrogens with one attached hydrogen (secondary N) is 1. The molecule has 1 aromatic carbocycles. The fourth-order valence-electron chi connectivity index (χ4n) is 3.80. The van der Waals surface area contributed by atoms with E-state index < -0.39 is 5.79 Å². The summed E-state index contributed by atoms with van der Waals surface area (Å²) in [5.41, 5.74) is 1.77. The van der Waals surface area contributed by atoms with Crippen molar-refractivity contribution in [2.45, 2.75) is 25.6 Å². The van der Waals surface area contributed by atoms with Gasteiger partial charge >= 0.3 is 0 Å². The number of benzene rings is 1. The van der Waals surface area contributed by atoms with Crippen LogP contribution in [0.25, 0.3) is 10.9 Å². The largest absolute Gasteiger partial charge is 0.361 e. The highest BCUT2D eigenvalue weighted by molar-refractivity contribution is 6.06. The highest BCUT2D eigenvalue weighted by Gasteiger charge is 2.42. The predicted molar refractivity (Wildman–Crippen MR) is 87.2 cm³/mol. The first-order valence-corrected chi connectivity index (χ1v) is 8.31. The third-order valence-corrected chi connectivity index (χ3v) is 5.14. The van der Waals surface area contributed by atoms with Crippen molar-refractivity contribution >= 4 is 16.8 Å². The number of hydrogen-bond acceptors (Lipinski definition) is 3. The Balaban J connectivity index is 1.57. The zero-order valence-electron chi connectivity index (χ0n) is 13.4. The fraction of sp³-hybridized carbons (Fsp3) is 0.500. The molecule has 2 aliphatic heterocycles. The maximum absolute atomic E-state index is 13.0. The van der Waals surface area contributed by atoms with Crippen LogP contribution >= 0.6 is 0 Å². The maximum Gasteiger partial charge on any atom is 0.254 e. The van der Waals surface area contributed by atoms with E-state index in [1.807, 2.05) is 42.3 Å². The smallest absolute Gasteiger partial charge is 0.254 e. The maximum atomic E-state index is 13.0. The molecule has 0 bridgehead atoms. The van der Waals surface area contributed by atoms with Crippen LogP contribution in [0.5, 0.6) is 0 Å². The lowest BCUT2D eigenvalue weighted by Crippen LogP contribution is -2.48. The molecule has 122 valence electrons. The fourth-order valence-corrected chi connectivity index (χ4v) is 3.80. The molecule has 0 unspecified atom stereocenters. The molecule has 0 radical (unpaired) electrons. The number of aromatic nitrogens is 1. The third-order valence-electron chi connectivity index (χ3n) is 5.14. The molecule has 1 N–H and O–H groups in total. The molecule has 2 fully saturated rings. The van der Waals surface area contributed by atoms with Crippen LogP contribution in [0.3, 0.4) is 0 Å². The number of rotatable bonds is 2. The molecule has 3 heterocycles. The van der Waals surface area contributed by atoms with Crippen LogP contribution in [0.15, 0.2) is 30.5 Å². The van der Waals surface area contributed by atoms with Crippen molar-refractivity contribution in [2.75, 3.05) is 26.3 Å². The second-order valence-electron chi connectivity index (χ2n) is 6.55. The van der Waals surface area contributed by atoms with Crippen molar-refractivity contribution in [2.24, 2.45) is 5.92 Å². The van der Waals surface area contributed by atoms with Crippen LogP contribution in [0.2, 0.25) is 0 Å². The summed E-state index contributed by atoms with van der Waals surface area (Å²) >= 11 is 0. The number of amides is 1. The van der Waals surface area contributed by atoms with E-state index >= 15 is 0 Å². The first kappa shape index (κ1) is 14.7. The molecule has 2 saturated heterocycles. The SMILES string of the molecule is CC1([C@H]2CCCN(C(=O)c3cccc4[nH]ccc34)C2)OCCO1. The topological polar surface area (TPSA) is 54.6 Å². The minimum atomic E-state index is -0.543. The number of nitrogens with zero attached hydrogens (tertiary/aromatic N) is 1. The molecular weight excluding hydrogens is 292 g/mol. The van der Waals surface area contributed by atoms with Crippen LogP contribution in [-0.2, 0) is 9.47 Å². The Labute approximate surface area is 135 Å². The number of likely N-dealkylation sites (tertiary alicyclic amines) is 1. The number of ether oxygens (including phenoxy) is 2. The summed E-state index contributed by atoms with van der Waals surface area (Å²) in [6.07, 6.45) is 3.90. The van der Waals surface area contributed by atoms with Gasteiger partial charge < -0.3 is 19.4 Å². The number of carbonyl (C=O) groups excluding carboxylic acids is 1. The van der Waals surface area contributed by atoms with E-state index in [1.165, 1.54) is 0 Å². The highest BCUT2D eigenvalue weighted by atomic mass is 16.7. The number of carbonyl (C=O) groups is 1. The molecule has 1 atom stereocenters. The molecule has 1 amide bonds. The van der Waals surface area contributed by atoms with Crippen molar-refractivity contribution in [3.8, 4) is 0 Å². The number of piperidine rings is 1. The lowest BCUT2D eigenvalue weighted by atomic mass is 9.90. The van der Waals surface area contributed by atoms with Gasteiger partial charge in [0.25, 0.3) is 5.91 Å². The Kier molecular flexibility index (Phi) is 3.62.